The molecule has 0 atom stereocenters. The van der Waals surface area contributed by atoms with Crippen LogP contribution >= 0.6 is 27.7 Å². The second-order valence-corrected chi connectivity index (χ2v) is 6.85. The fourth-order valence-electron chi connectivity index (χ4n) is 1.95. The Morgan fingerprint density at radius 2 is 1.12 bits per heavy atom. The predicted octanol–water partition coefficient (Wildman–Crippen LogP) is 6.43. The number of rotatable bonds is 14. The standard InChI is InChI=1S/C15H31BrS/c1-2-3-4-5-6-7-8-9-10-11-14-17-15-12-13-16/h2-15H2,1H3. The van der Waals surface area contributed by atoms with Crippen molar-refractivity contribution in [2.45, 2.75) is 77.6 Å². The summed E-state index contributed by atoms with van der Waals surface area (Å²) in [6, 6.07) is 0. The third-order valence-electron chi connectivity index (χ3n) is 3.06. The summed E-state index contributed by atoms with van der Waals surface area (Å²) in [6.45, 7) is 2.29. The van der Waals surface area contributed by atoms with Crippen molar-refractivity contribution >= 4 is 27.7 Å². The molecule has 0 saturated heterocycles. The molecule has 0 aromatic rings. The number of hydrogen-bond acceptors (Lipinski definition) is 1. The van der Waals surface area contributed by atoms with E-state index in [2.05, 4.69) is 34.6 Å². The van der Waals surface area contributed by atoms with Gasteiger partial charge in [0.2, 0.25) is 0 Å². The Hall–Kier alpha value is 0.830. The minimum Gasteiger partial charge on any atom is -0.162 e. The van der Waals surface area contributed by atoms with E-state index in [1.807, 2.05) is 0 Å². The van der Waals surface area contributed by atoms with Crippen LogP contribution in [0.5, 0.6) is 0 Å². The molecule has 0 rings (SSSR count). The Labute approximate surface area is 122 Å². The molecule has 0 fully saturated rings. The Morgan fingerprint density at radius 3 is 1.65 bits per heavy atom. The number of thioether (sulfide) groups is 1. The molecule has 0 aliphatic heterocycles. The van der Waals surface area contributed by atoms with Crippen molar-refractivity contribution in [3.63, 3.8) is 0 Å². The van der Waals surface area contributed by atoms with E-state index < -0.39 is 0 Å². The van der Waals surface area contributed by atoms with Crippen LogP contribution in [0.4, 0.5) is 0 Å². The van der Waals surface area contributed by atoms with Gasteiger partial charge in [-0.05, 0) is 24.3 Å². The third-order valence-corrected chi connectivity index (χ3v) is 4.78. The van der Waals surface area contributed by atoms with E-state index in [1.165, 1.54) is 82.1 Å². The lowest BCUT2D eigenvalue weighted by molar-refractivity contribution is 0.563. The van der Waals surface area contributed by atoms with Crippen LogP contribution in [0.15, 0.2) is 0 Å². The fourth-order valence-corrected chi connectivity index (χ4v) is 3.56. The molecule has 0 aliphatic rings. The predicted molar refractivity (Wildman–Crippen MR) is 87.6 cm³/mol. The van der Waals surface area contributed by atoms with Gasteiger partial charge in [-0.1, -0.05) is 80.6 Å². The van der Waals surface area contributed by atoms with E-state index in [1.54, 1.807) is 0 Å². The van der Waals surface area contributed by atoms with E-state index >= 15 is 0 Å². The normalized spacial score (nSPS) is 10.9. The molecule has 0 spiro atoms. The molecule has 0 N–H and O–H groups in total. The smallest absolute Gasteiger partial charge is 0.00391 e. The monoisotopic (exact) mass is 322 g/mol. The Kier molecular flexibility index (Phi) is 17.7. The van der Waals surface area contributed by atoms with Gasteiger partial charge in [0.25, 0.3) is 0 Å². The minimum atomic E-state index is 1.16. The summed E-state index contributed by atoms with van der Waals surface area (Å²) in [7, 11) is 0. The van der Waals surface area contributed by atoms with Gasteiger partial charge in [0.15, 0.2) is 0 Å². The van der Waals surface area contributed by atoms with Gasteiger partial charge in [0.1, 0.15) is 0 Å². The molecule has 0 aromatic carbocycles. The molecule has 0 heterocycles. The SMILES string of the molecule is CCCCCCCCCCCCSCCCBr. The molecule has 0 amide bonds. The molecule has 17 heavy (non-hydrogen) atoms. The van der Waals surface area contributed by atoms with Gasteiger partial charge in [-0.3, -0.25) is 0 Å². The molecule has 0 radical (unpaired) electrons. The highest BCUT2D eigenvalue weighted by Crippen LogP contribution is 2.12. The fraction of sp³-hybridized carbons (Fsp3) is 1.00. The van der Waals surface area contributed by atoms with Crippen LogP contribution in [0, 0.1) is 0 Å². The Morgan fingerprint density at radius 1 is 0.647 bits per heavy atom. The summed E-state index contributed by atoms with van der Waals surface area (Å²) >= 11 is 5.59. The third kappa shape index (κ3) is 16.8. The van der Waals surface area contributed by atoms with E-state index in [4.69, 9.17) is 0 Å². The molecule has 2 heteroatoms. The first kappa shape index (κ1) is 17.8. The van der Waals surface area contributed by atoms with Crippen LogP contribution in [-0.2, 0) is 0 Å². The number of unbranched alkanes of at least 4 members (excludes halogenated alkanes) is 9. The maximum absolute atomic E-state index is 3.47. The summed E-state index contributed by atoms with van der Waals surface area (Å²) in [4.78, 5) is 0. The first-order valence-corrected chi connectivity index (χ1v) is 9.83. The quantitative estimate of drug-likeness (QED) is 0.262. The van der Waals surface area contributed by atoms with Crippen molar-refractivity contribution < 1.29 is 0 Å². The second-order valence-electron chi connectivity index (χ2n) is 4.84. The lowest BCUT2D eigenvalue weighted by Gasteiger charge is -2.02. The zero-order valence-corrected chi connectivity index (χ0v) is 14.1. The Bertz CT molecular complexity index is 114. The van der Waals surface area contributed by atoms with E-state index in [-0.39, 0.29) is 0 Å². The number of hydrogen-bond donors (Lipinski definition) is 0. The van der Waals surface area contributed by atoms with Crippen LogP contribution in [0.25, 0.3) is 0 Å². The van der Waals surface area contributed by atoms with Gasteiger partial charge >= 0.3 is 0 Å². The van der Waals surface area contributed by atoms with Gasteiger partial charge in [-0.15, -0.1) is 0 Å². The maximum atomic E-state index is 3.47. The molecular weight excluding hydrogens is 292 g/mol. The molecular formula is C15H31BrS. The van der Waals surface area contributed by atoms with E-state index in [0.29, 0.717) is 0 Å². The van der Waals surface area contributed by atoms with Crippen molar-refractivity contribution in [2.75, 3.05) is 16.8 Å². The molecule has 0 unspecified atom stereocenters. The van der Waals surface area contributed by atoms with Gasteiger partial charge in [0.05, 0.1) is 0 Å². The highest BCUT2D eigenvalue weighted by atomic mass is 79.9. The second kappa shape index (κ2) is 16.8. The Balaban J connectivity index is 2.85. The minimum absolute atomic E-state index is 1.16. The van der Waals surface area contributed by atoms with Crippen LogP contribution < -0.4 is 0 Å². The zero-order chi connectivity index (χ0) is 12.6. The lowest BCUT2D eigenvalue weighted by Crippen LogP contribution is -1.86. The first-order valence-electron chi connectivity index (χ1n) is 7.55. The molecule has 0 aromatic heterocycles. The largest absolute Gasteiger partial charge is 0.162 e. The molecule has 0 saturated carbocycles. The number of halogens is 1. The average molecular weight is 323 g/mol. The molecule has 0 bridgehead atoms. The van der Waals surface area contributed by atoms with Crippen LogP contribution in [0.1, 0.15) is 77.6 Å². The summed E-state index contributed by atoms with van der Waals surface area (Å²) in [5.74, 6) is 2.71. The number of alkyl halides is 1. The van der Waals surface area contributed by atoms with Gasteiger partial charge in [-0.25, -0.2) is 0 Å². The van der Waals surface area contributed by atoms with Crippen molar-refractivity contribution in [3.05, 3.63) is 0 Å². The van der Waals surface area contributed by atoms with Crippen molar-refractivity contribution in [2.24, 2.45) is 0 Å². The van der Waals surface area contributed by atoms with Gasteiger partial charge in [0, 0.05) is 5.33 Å². The van der Waals surface area contributed by atoms with Crippen LogP contribution in [-0.4, -0.2) is 16.8 Å². The van der Waals surface area contributed by atoms with Crippen molar-refractivity contribution in [1.29, 1.82) is 0 Å². The van der Waals surface area contributed by atoms with Crippen LogP contribution in [0.3, 0.4) is 0 Å². The highest BCUT2D eigenvalue weighted by Gasteiger charge is 1.93. The van der Waals surface area contributed by atoms with E-state index in [0.717, 1.165) is 5.33 Å². The van der Waals surface area contributed by atoms with Crippen LogP contribution in [0.2, 0.25) is 0 Å². The van der Waals surface area contributed by atoms with Gasteiger partial charge < -0.3 is 0 Å². The molecule has 104 valence electrons. The zero-order valence-electron chi connectivity index (χ0n) is 11.7. The molecule has 0 nitrogen and oxygen atoms in total. The van der Waals surface area contributed by atoms with Crippen molar-refractivity contribution in [1.82, 2.24) is 0 Å². The molecule has 0 aliphatic carbocycles. The lowest BCUT2D eigenvalue weighted by atomic mass is 10.1. The first-order chi connectivity index (χ1) is 8.41. The topological polar surface area (TPSA) is 0 Å². The van der Waals surface area contributed by atoms with E-state index in [9.17, 15) is 0 Å². The maximum Gasteiger partial charge on any atom is 0.00391 e. The van der Waals surface area contributed by atoms with Crippen molar-refractivity contribution in [3.8, 4) is 0 Å². The highest BCUT2D eigenvalue weighted by molar-refractivity contribution is 9.09. The summed E-state index contributed by atoms with van der Waals surface area (Å²) in [6.07, 6.45) is 15.8. The summed E-state index contributed by atoms with van der Waals surface area (Å²) in [5, 5.41) is 1.16. The van der Waals surface area contributed by atoms with Gasteiger partial charge in [-0.2, -0.15) is 11.8 Å². The summed E-state index contributed by atoms with van der Waals surface area (Å²) in [5.41, 5.74) is 0. The summed E-state index contributed by atoms with van der Waals surface area (Å²) < 4.78 is 0. The average Bonchev–Trinajstić information content (AvgIpc) is 2.35.